The molecule has 112 valence electrons. The van der Waals surface area contributed by atoms with Crippen molar-refractivity contribution in [1.82, 2.24) is 4.98 Å². The van der Waals surface area contributed by atoms with E-state index in [0.717, 1.165) is 16.7 Å². The number of rotatable bonds is 5. The summed E-state index contributed by atoms with van der Waals surface area (Å²) < 4.78 is 0. The Morgan fingerprint density at radius 1 is 1.38 bits per heavy atom. The quantitative estimate of drug-likeness (QED) is 0.883. The molecule has 1 aromatic heterocycles. The van der Waals surface area contributed by atoms with Crippen LogP contribution in [-0.4, -0.2) is 22.6 Å². The van der Waals surface area contributed by atoms with Crippen LogP contribution >= 0.6 is 24.0 Å². The first kappa shape index (κ1) is 17.4. The smallest absolute Gasteiger partial charge is 0.304 e. The number of carbonyl (C=O) groups is 1. The fourth-order valence-electron chi connectivity index (χ4n) is 2.19. The molecule has 0 saturated carbocycles. The zero-order valence-corrected chi connectivity index (χ0v) is 12.8. The van der Waals surface area contributed by atoms with Crippen molar-refractivity contribution in [2.24, 2.45) is 5.73 Å². The number of aromatic nitrogens is 1. The Morgan fingerprint density at radius 2 is 2.14 bits per heavy atom. The second-order valence-electron chi connectivity index (χ2n) is 4.50. The molecule has 4 nitrogen and oxygen atoms in total. The highest BCUT2D eigenvalue weighted by Crippen LogP contribution is 2.32. The minimum Gasteiger partial charge on any atom is -0.481 e. The average molecular weight is 327 g/mol. The number of carboxylic acid groups (broad SMARTS) is 1. The number of carboxylic acids is 1. The fraction of sp³-hybridized carbons (Fsp3) is 0.200. The molecular weight excluding hydrogens is 311 g/mol. The number of halogens is 2. The molecule has 0 aliphatic heterocycles. The van der Waals surface area contributed by atoms with Gasteiger partial charge in [-0.3, -0.25) is 9.78 Å². The van der Waals surface area contributed by atoms with E-state index in [1.807, 2.05) is 24.3 Å². The molecule has 2 aromatic rings. The summed E-state index contributed by atoms with van der Waals surface area (Å²) in [5.41, 5.74) is 8.38. The summed E-state index contributed by atoms with van der Waals surface area (Å²) in [4.78, 5) is 15.0. The van der Waals surface area contributed by atoms with Gasteiger partial charge in [-0.05, 0) is 35.9 Å². The molecule has 0 unspecified atom stereocenters. The van der Waals surface area contributed by atoms with Crippen LogP contribution in [0.2, 0.25) is 5.02 Å². The first-order valence-corrected chi connectivity index (χ1v) is 6.61. The third kappa shape index (κ3) is 4.43. The van der Waals surface area contributed by atoms with Crippen molar-refractivity contribution in [3.05, 3.63) is 53.3 Å². The Balaban J connectivity index is 0.00000220. The average Bonchev–Trinajstić information content (AvgIpc) is 2.45. The van der Waals surface area contributed by atoms with Crippen molar-refractivity contribution < 1.29 is 9.90 Å². The molecule has 0 aliphatic carbocycles. The van der Waals surface area contributed by atoms with E-state index in [-0.39, 0.29) is 31.3 Å². The lowest BCUT2D eigenvalue weighted by Crippen LogP contribution is -2.17. The van der Waals surface area contributed by atoms with Crippen molar-refractivity contribution in [1.29, 1.82) is 0 Å². The Hall–Kier alpha value is -1.62. The van der Waals surface area contributed by atoms with Crippen LogP contribution < -0.4 is 5.73 Å². The summed E-state index contributed by atoms with van der Waals surface area (Å²) in [7, 11) is 0. The normalized spacial score (nSPS) is 11.5. The standard InChI is InChI=1S/C15H15ClN2O2.ClH/c16-12-3-4-13(11(8-17)6-15(19)20)14(7-12)10-2-1-5-18-9-10;/h1-5,7,9,11H,6,8,17H2,(H,19,20);1H/t11-;/m0./s1. The van der Waals surface area contributed by atoms with Crippen LogP contribution in [-0.2, 0) is 4.79 Å². The van der Waals surface area contributed by atoms with Crippen LogP contribution in [0.25, 0.3) is 11.1 Å². The van der Waals surface area contributed by atoms with E-state index < -0.39 is 5.97 Å². The number of hydrogen-bond donors (Lipinski definition) is 2. The van der Waals surface area contributed by atoms with E-state index in [1.165, 1.54) is 0 Å². The van der Waals surface area contributed by atoms with Crippen LogP contribution in [0, 0.1) is 0 Å². The van der Waals surface area contributed by atoms with Crippen molar-refractivity contribution in [3.63, 3.8) is 0 Å². The van der Waals surface area contributed by atoms with Gasteiger partial charge < -0.3 is 10.8 Å². The second kappa shape index (κ2) is 7.98. The Bertz CT molecular complexity index is 606. The summed E-state index contributed by atoms with van der Waals surface area (Å²) in [6.07, 6.45) is 3.40. The van der Waals surface area contributed by atoms with Crippen molar-refractivity contribution >= 4 is 30.0 Å². The van der Waals surface area contributed by atoms with Crippen LogP contribution in [0.15, 0.2) is 42.7 Å². The summed E-state index contributed by atoms with van der Waals surface area (Å²) >= 11 is 6.05. The second-order valence-corrected chi connectivity index (χ2v) is 4.94. The number of pyridine rings is 1. The van der Waals surface area contributed by atoms with Gasteiger partial charge in [0.25, 0.3) is 0 Å². The van der Waals surface area contributed by atoms with Gasteiger partial charge in [-0.15, -0.1) is 12.4 Å². The maximum absolute atomic E-state index is 11.0. The van der Waals surface area contributed by atoms with E-state index in [2.05, 4.69) is 4.98 Å². The molecular formula is C15H16Cl2N2O2. The zero-order valence-electron chi connectivity index (χ0n) is 11.2. The minimum absolute atomic E-state index is 0. The predicted molar refractivity (Wildman–Crippen MR) is 86.0 cm³/mol. The summed E-state index contributed by atoms with van der Waals surface area (Å²) in [5, 5.41) is 9.59. The lowest BCUT2D eigenvalue weighted by Gasteiger charge is -2.18. The van der Waals surface area contributed by atoms with Gasteiger partial charge in [-0.2, -0.15) is 0 Å². The summed E-state index contributed by atoms with van der Waals surface area (Å²) in [6, 6.07) is 9.15. The van der Waals surface area contributed by atoms with Crippen LogP contribution in [0.4, 0.5) is 0 Å². The highest BCUT2D eigenvalue weighted by Gasteiger charge is 2.18. The van der Waals surface area contributed by atoms with Gasteiger partial charge in [0.15, 0.2) is 0 Å². The van der Waals surface area contributed by atoms with E-state index >= 15 is 0 Å². The van der Waals surface area contributed by atoms with Gasteiger partial charge in [-0.1, -0.05) is 23.7 Å². The number of hydrogen-bond acceptors (Lipinski definition) is 3. The van der Waals surface area contributed by atoms with Gasteiger partial charge in [0.1, 0.15) is 0 Å². The maximum atomic E-state index is 11.0. The highest BCUT2D eigenvalue weighted by atomic mass is 35.5. The molecule has 0 radical (unpaired) electrons. The molecule has 21 heavy (non-hydrogen) atoms. The minimum atomic E-state index is -0.868. The predicted octanol–water partition coefficient (Wildman–Crippen LogP) is 3.34. The van der Waals surface area contributed by atoms with E-state index in [9.17, 15) is 4.79 Å². The van der Waals surface area contributed by atoms with Gasteiger partial charge in [0, 0.05) is 28.9 Å². The number of nitrogens with two attached hydrogens (primary N) is 1. The van der Waals surface area contributed by atoms with Crippen LogP contribution in [0.5, 0.6) is 0 Å². The van der Waals surface area contributed by atoms with Crippen LogP contribution in [0.3, 0.4) is 0 Å². The molecule has 1 atom stereocenters. The number of nitrogens with zero attached hydrogens (tertiary/aromatic N) is 1. The van der Waals surface area contributed by atoms with Crippen molar-refractivity contribution in [2.45, 2.75) is 12.3 Å². The van der Waals surface area contributed by atoms with Crippen molar-refractivity contribution in [3.8, 4) is 11.1 Å². The van der Waals surface area contributed by atoms with Gasteiger partial charge >= 0.3 is 5.97 Å². The summed E-state index contributed by atoms with van der Waals surface area (Å²) in [5.74, 6) is -1.12. The van der Waals surface area contributed by atoms with E-state index in [4.69, 9.17) is 22.4 Å². The molecule has 0 amide bonds. The first-order chi connectivity index (χ1) is 9.61. The Kier molecular flexibility index (Phi) is 6.62. The third-order valence-electron chi connectivity index (χ3n) is 3.13. The Labute approximate surface area is 134 Å². The molecule has 1 aromatic carbocycles. The lowest BCUT2D eigenvalue weighted by molar-refractivity contribution is -0.137. The third-order valence-corrected chi connectivity index (χ3v) is 3.37. The van der Waals surface area contributed by atoms with Gasteiger partial charge in [0.2, 0.25) is 0 Å². The van der Waals surface area contributed by atoms with Crippen molar-refractivity contribution in [2.75, 3.05) is 6.54 Å². The monoisotopic (exact) mass is 326 g/mol. The molecule has 0 saturated heterocycles. The first-order valence-electron chi connectivity index (χ1n) is 6.23. The molecule has 1 heterocycles. The topological polar surface area (TPSA) is 76.2 Å². The van der Waals surface area contributed by atoms with E-state index in [0.29, 0.717) is 5.02 Å². The zero-order chi connectivity index (χ0) is 14.5. The van der Waals surface area contributed by atoms with Gasteiger partial charge in [0.05, 0.1) is 6.42 Å². The molecule has 0 bridgehead atoms. The Morgan fingerprint density at radius 3 is 2.71 bits per heavy atom. The van der Waals surface area contributed by atoms with Crippen LogP contribution in [0.1, 0.15) is 17.9 Å². The lowest BCUT2D eigenvalue weighted by atomic mass is 9.89. The molecule has 0 fully saturated rings. The largest absolute Gasteiger partial charge is 0.481 e. The molecule has 3 N–H and O–H groups in total. The number of benzene rings is 1. The molecule has 0 spiro atoms. The molecule has 0 aliphatic rings. The fourth-order valence-corrected chi connectivity index (χ4v) is 2.36. The maximum Gasteiger partial charge on any atom is 0.304 e. The van der Waals surface area contributed by atoms with Gasteiger partial charge in [-0.25, -0.2) is 0 Å². The number of aliphatic carboxylic acids is 1. The SMILES string of the molecule is Cl.NC[C@H](CC(=O)O)c1ccc(Cl)cc1-c1cccnc1. The molecule has 2 rings (SSSR count). The van der Waals surface area contributed by atoms with E-state index in [1.54, 1.807) is 18.5 Å². The molecule has 6 heteroatoms. The highest BCUT2D eigenvalue weighted by molar-refractivity contribution is 6.30. The summed E-state index contributed by atoms with van der Waals surface area (Å²) in [6.45, 7) is 0.265.